The van der Waals surface area contributed by atoms with Gasteiger partial charge in [0.05, 0.1) is 17.6 Å². The molecule has 0 unspecified atom stereocenters. The van der Waals surface area contributed by atoms with Crippen LogP contribution in [-0.2, 0) is 0 Å². The molecule has 1 N–H and O–H groups in total. The van der Waals surface area contributed by atoms with E-state index in [0.29, 0.717) is 6.20 Å². The summed E-state index contributed by atoms with van der Waals surface area (Å²) in [6.45, 7) is 0. The molecule has 0 bridgehead atoms. The second-order valence-electron chi connectivity index (χ2n) is 2.81. The zero-order valence-corrected chi connectivity index (χ0v) is 8.39. The summed E-state index contributed by atoms with van der Waals surface area (Å²) in [6.07, 6.45) is -2.73. The lowest BCUT2D eigenvalue weighted by atomic mass is 10.1. The molecule has 0 saturated carbocycles. The number of aromatic carboxylic acids is 1. The van der Waals surface area contributed by atoms with Crippen molar-refractivity contribution in [1.29, 1.82) is 0 Å². The number of aromatic nitrogens is 1. The minimum Gasteiger partial charge on any atom is -0.478 e. The average molecular weight is 248 g/mol. The Bertz CT molecular complexity index is 477. The number of methoxy groups -OCH3 is 1. The zero-order valence-electron chi connectivity index (χ0n) is 8.39. The topological polar surface area (TPSA) is 103 Å². The molecule has 92 valence electrons. The van der Waals surface area contributed by atoms with E-state index in [2.05, 4.69) is 9.72 Å². The molecule has 7 nitrogen and oxygen atoms in total. The largest absolute Gasteiger partial charge is 0.478 e. The number of hydrogen-bond acceptors (Lipinski definition) is 5. The summed E-state index contributed by atoms with van der Waals surface area (Å²) in [7, 11) is 1.00. The third-order valence-corrected chi connectivity index (χ3v) is 1.88. The van der Waals surface area contributed by atoms with Crippen molar-refractivity contribution in [3.63, 3.8) is 0 Å². The number of carbonyl (C=O) groups is 1. The normalized spacial score (nSPS) is 10.4. The lowest BCUT2D eigenvalue weighted by molar-refractivity contribution is -0.387. The van der Waals surface area contributed by atoms with Crippen molar-refractivity contribution in [3.05, 3.63) is 27.4 Å². The number of hydrogen-bond donors (Lipinski definition) is 1. The van der Waals surface area contributed by atoms with Crippen LogP contribution in [0, 0.1) is 10.1 Å². The molecular weight excluding hydrogens is 242 g/mol. The molecule has 1 heterocycles. The van der Waals surface area contributed by atoms with Crippen LogP contribution >= 0.6 is 0 Å². The van der Waals surface area contributed by atoms with Crippen molar-refractivity contribution in [3.8, 4) is 5.88 Å². The highest BCUT2D eigenvalue weighted by molar-refractivity contribution is 5.90. The van der Waals surface area contributed by atoms with Gasteiger partial charge in [0.15, 0.2) is 0 Å². The summed E-state index contributed by atoms with van der Waals surface area (Å²) in [5, 5.41) is 19.3. The Balaban J connectivity index is 3.65. The fourth-order valence-electron chi connectivity index (χ4n) is 1.21. The Hall–Kier alpha value is -2.32. The highest BCUT2D eigenvalue weighted by atomic mass is 19.3. The minimum atomic E-state index is -3.32. The Morgan fingerprint density at radius 3 is 2.59 bits per heavy atom. The molecule has 0 saturated heterocycles. The molecule has 0 atom stereocenters. The van der Waals surface area contributed by atoms with Crippen molar-refractivity contribution in [2.75, 3.05) is 7.11 Å². The highest BCUT2D eigenvalue weighted by Gasteiger charge is 2.33. The molecule has 1 rings (SSSR count). The van der Waals surface area contributed by atoms with E-state index in [1.165, 1.54) is 0 Å². The van der Waals surface area contributed by atoms with Gasteiger partial charge >= 0.3 is 11.7 Å². The van der Waals surface area contributed by atoms with E-state index < -0.39 is 40.0 Å². The van der Waals surface area contributed by atoms with E-state index in [1.807, 2.05) is 0 Å². The van der Waals surface area contributed by atoms with E-state index in [0.717, 1.165) is 7.11 Å². The molecule has 0 aromatic carbocycles. The van der Waals surface area contributed by atoms with E-state index in [9.17, 15) is 23.7 Å². The third kappa shape index (κ3) is 2.27. The Morgan fingerprint density at radius 2 is 2.24 bits per heavy atom. The predicted molar refractivity (Wildman–Crippen MR) is 49.4 cm³/mol. The Morgan fingerprint density at radius 1 is 1.65 bits per heavy atom. The SMILES string of the molecule is COc1ncc(C(=O)O)c(C(F)F)c1[N+](=O)[O-]. The molecule has 0 aliphatic rings. The Labute approximate surface area is 92.8 Å². The second-order valence-corrected chi connectivity index (χ2v) is 2.81. The molecule has 0 radical (unpaired) electrons. The molecule has 1 aromatic rings. The molecule has 0 aliphatic heterocycles. The third-order valence-electron chi connectivity index (χ3n) is 1.88. The van der Waals surface area contributed by atoms with Crippen LogP contribution in [0.4, 0.5) is 14.5 Å². The summed E-state index contributed by atoms with van der Waals surface area (Å²) in [6, 6.07) is 0. The van der Waals surface area contributed by atoms with E-state index in [-0.39, 0.29) is 0 Å². The van der Waals surface area contributed by atoms with Gasteiger partial charge in [-0.3, -0.25) is 10.1 Å². The van der Waals surface area contributed by atoms with Gasteiger partial charge in [-0.1, -0.05) is 0 Å². The highest BCUT2D eigenvalue weighted by Crippen LogP contribution is 2.37. The average Bonchev–Trinajstić information content (AvgIpc) is 2.26. The van der Waals surface area contributed by atoms with Gasteiger partial charge in [0.2, 0.25) is 0 Å². The maximum atomic E-state index is 12.7. The first-order chi connectivity index (χ1) is 7.90. The number of carboxylic acids is 1. The van der Waals surface area contributed by atoms with Crippen molar-refractivity contribution in [2.24, 2.45) is 0 Å². The van der Waals surface area contributed by atoms with Crippen LogP contribution in [0.25, 0.3) is 0 Å². The number of ether oxygens (including phenoxy) is 1. The minimum absolute atomic E-state index is 0.593. The van der Waals surface area contributed by atoms with Gasteiger partial charge in [-0.05, 0) is 0 Å². The fraction of sp³-hybridized carbons (Fsp3) is 0.250. The molecule has 0 fully saturated rings. The standard InChI is InChI=1S/C8H6F2N2O5/c1-17-7-5(12(15)16)4(6(9)10)3(2-11-7)8(13)14/h2,6H,1H3,(H,13,14). The molecule has 0 spiro atoms. The summed E-state index contributed by atoms with van der Waals surface area (Å²) >= 11 is 0. The van der Waals surface area contributed by atoms with Crippen LogP contribution in [0.2, 0.25) is 0 Å². The summed E-state index contributed by atoms with van der Waals surface area (Å²) < 4.78 is 29.8. The first kappa shape index (κ1) is 12.7. The first-order valence-electron chi connectivity index (χ1n) is 4.12. The summed E-state index contributed by atoms with van der Waals surface area (Å²) in [5.74, 6) is -2.38. The zero-order chi connectivity index (χ0) is 13.2. The lowest BCUT2D eigenvalue weighted by Crippen LogP contribution is -2.09. The number of carboxylic acid groups (broad SMARTS) is 1. The molecule has 1 aromatic heterocycles. The fourth-order valence-corrected chi connectivity index (χ4v) is 1.21. The van der Waals surface area contributed by atoms with Crippen molar-refractivity contribution in [1.82, 2.24) is 4.98 Å². The quantitative estimate of drug-likeness (QED) is 0.641. The van der Waals surface area contributed by atoms with Crippen LogP contribution in [-0.4, -0.2) is 28.1 Å². The number of rotatable bonds is 4. The monoisotopic (exact) mass is 248 g/mol. The van der Waals surface area contributed by atoms with Gasteiger partial charge in [-0.15, -0.1) is 0 Å². The smallest absolute Gasteiger partial charge is 0.340 e. The summed E-state index contributed by atoms with van der Waals surface area (Å²) in [5.41, 5.74) is -3.27. The second kappa shape index (κ2) is 4.68. The molecule has 0 amide bonds. The number of pyridine rings is 1. The van der Waals surface area contributed by atoms with Gasteiger partial charge in [-0.25, -0.2) is 18.6 Å². The van der Waals surface area contributed by atoms with E-state index >= 15 is 0 Å². The molecule has 17 heavy (non-hydrogen) atoms. The van der Waals surface area contributed by atoms with Crippen molar-refractivity contribution < 1.29 is 28.3 Å². The van der Waals surface area contributed by atoms with Crippen LogP contribution in [0.15, 0.2) is 6.20 Å². The number of halogens is 2. The van der Waals surface area contributed by atoms with Crippen LogP contribution in [0.1, 0.15) is 22.3 Å². The van der Waals surface area contributed by atoms with Gasteiger partial charge < -0.3 is 9.84 Å². The van der Waals surface area contributed by atoms with Gasteiger partial charge in [0.25, 0.3) is 12.3 Å². The first-order valence-corrected chi connectivity index (χ1v) is 4.12. The number of alkyl halides is 2. The Kier molecular flexibility index (Phi) is 3.51. The van der Waals surface area contributed by atoms with Crippen molar-refractivity contribution >= 4 is 11.7 Å². The van der Waals surface area contributed by atoms with Crippen LogP contribution in [0.3, 0.4) is 0 Å². The molecule has 0 aliphatic carbocycles. The van der Waals surface area contributed by atoms with Gasteiger partial charge in [0.1, 0.15) is 5.56 Å². The van der Waals surface area contributed by atoms with Gasteiger partial charge in [-0.2, -0.15) is 0 Å². The van der Waals surface area contributed by atoms with Crippen molar-refractivity contribution in [2.45, 2.75) is 6.43 Å². The van der Waals surface area contributed by atoms with Crippen LogP contribution in [0.5, 0.6) is 5.88 Å². The van der Waals surface area contributed by atoms with E-state index in [1.54, 1.807) is 0 Å². The maximum absolute atomic E-state index is 12.7. The lowest BCUT2D eigenvalue weighted by Gasteiger charge is -2.08. The predicted octanol–water partition coefficient (Wildman–Crippen LogP) is 1.63. The van der Waals surface area contributed by atoms with E-state index in [4.69, 9.17) is 5.11 Å². The molecular formula is C8H6F2N2O5. The van der Waals surface area contributed by atoms with Gasteiger partial charge in [0, 0.05) is 6.20 Å². The number of nitrogens with zero attached hydrogens (tertiary/aromatic N) is 2. The number of nitro groups is 1. The van der Waals surface area contributed by atoms with Crippen LogP contribution < -0.4 is 4.74 Å². The molecule has 9 heteroatoms. The summed E-state index contributed by atoms with van der Waals surface area (Å²) in [4.78, 5) is 23.5. The maximum Gasteiger partial charge on any atom is 0.340 e.